The highest BCUT2D eigenvalue weighted by Crippen LogP contribution is 2.27. The van der Waals surface area contributed by atoms with E-state index in [4.69, 9.17) is 11.6 Å². The second-order valence-corrected chi connectivity index (χ2v) is 4.85. The topological polar surface area (TPSA) is 73.8 Å². The molecule has 0 aliphatic rings. The molecule has 2 rings (SSSR count). The lowest BCUT2D eigenvalue weighted by Crippen LogP contribution is -2.03. The largest absolute Gasteiger partial charge is 0.289 e. The van der Waals surface area contributed by atoms with Gasteiger partial charge in [-0.25, -0.2) is 9.67 Å². The van der Waals surface area contributed by atoms with Crippen LogP contribution in [0.3, 0.4) is 0 Å². The van der Waals surface area contributed by atoms with Crippen LogP contribution >= 0.6 is 27.5 Å². The highest BCUT2D eigenvalue weighted by atomic mass is 79.9. The molecule has 0 N–H and O–H groups in total. The molecule has 0 aliphatic carbocycles. The number of aromatic nitrogens is 3. The maximum absolute atomic E-state index is 10.6. The highest BCUT2D eigenvalue weighted by Gasteiger charge is 2.16. The van der Waals surface area contributed by atoms with Crippen molar-refractivity contribution in [1.29, 1.82) is 0 Å². The van der Waals surface area contributed by atoms with Crippen molar-refractivity contribution in [3.63, 3.8) is 0 Å². The number of hydrogen-bond donors (Lipinski definition) is 0. The molecule has 0 saturated carbocycles. The highest BCUT2D eigenvalue weighted by molar-refractivity contribution is 9.10. The number of nitrogens with zero attached hydrogens (tertiary/aromatic N) is 4. The maximum atomic E-state index is 10.6. The Bertz CT molecular complexity index is 641. The summed E-state index contributed by atoms with van der Waals surface area (Å²) in [6.45, 7) is 3.69. The number of aryl methyl sites for hydroxylation is 1. The van der Waals surface area contributed by atoms with E-state index in [2.05, 4.69) is 26.0 Å². The van der Waals surface area contributed by atoms with Gasteiger partial charge in [-0.15, -0.1) is 0 Å². The summed E-state index contributed by atoms with van der Waals surface area (Å²) in [6.07, 6.45) is 1.16. The van der Waals surface area contributed by atoms with Crippen LogP contribution < -0.4 is 0 Å². The van der Waals surface area contributed by atoms with Gasteiger partial charge >= 0.3 is 0 Å². The van der Waals surface area contributed by atoms with E-state index in [0.29, 0.717) is 5.82 Å². The van der Waals surface area contributed by atoms with Crippen LogP contribution in [-0.4, -0.2) is 19.7 Å². The molecule has 0 bridgehead atoms. The standard InChI is InChI=1S/C10H8BrClN4O2/c1-5-9(11)6(2)15(14-5)10-8(12)3-7(4-13-10)16(17)18/h3-4H,1-2H3. The van der Waals surface area contributed by atoms with Crippen LogP contribution in [0.2, 0.25) is 5.02 Å². The van der Waals surface area contributed by atoms with Gasteiger partial charge in [0.2, 0.25) is 0 Å². The van der Waals surface area contributed by atoms with Gasteiger partial charge in [-0.2, -0.15) is 5.10 Å². The smallest absolute Gasteiger partial charge is 0.258 e. The third-order valence-corrected chi connectivity index (χ3v) is 3.85. The molecule has 2 heterocycles. The Morgan fingerprint density at radius 2 is 2.17 bits per heavy atom. The first-order valence-electron chi connectivity index (χ1n) is 4.94. The minimum absolute atomic E-state index is 0.149. The van der Waals surface area contributed by atoms with Crippen LogP contribution in [0.25, 0.3) is 5.82 Å². The van der Waals surface area contributed by atoms with E-state index in [9.17, 15) is 10.1 Å². The molecule has 2 aromatic heterocycles. The first-order valence-corrected chi connectivity index (χ1v) is 6.11. The monoisotopic (exact) mass is 330 g/mol. The zero-order valence-corrected chi connectivity index (χ0v) is 11.9. The molecule has 0 aromatic carbocycles. The Morgan fingerprint density at radius 1 is 1.50 bits per heavy atom. The van der Waals surface area contributed by atoms with E-state index in [-0.39, 0.29) is 10.7 Å². The van der Waals surface area contributed by atoms with Crippen molar-refractivity contribution in [2.45, 2.75) is 13.8 Å². The Balaban J connectivity index is 2.58. The van der Waals surface area contributed by atoms with E-state index in [1.165, 1.54) is 6.07 Å². The molecule has 0 aliphatic heterocycles. The lowest BCUT2D eigenvalue weighted by atomic mass is 10.4. The third-order valence-electron chi connectivity index (χ3n) is 2.42. The number of halogens is 2. The maximum Gasteiger partial charge on any atom is 0.289 e. The van der Waals surface area contributed by atoms with Gasteiger partial charge in [0, 0.05) is 6.07 Å². The second-order valence-electron chi connectivity index (χ2n) is 3.65. The predicted molar refractivity (Wildman–Crippen MR) is 70.2 cm³/mol. The molecule has 8 heteroatoms. The fourth-order valence-electron chi connectivity index (χ4n) is 1.51. The van der Waals surface area contributed by atoms with Gasteiger partial charge in [0.1, 0.15) is 6.20 Å². The summed E-state index contributed by atoms with van der Waals surface area (Å²) in [5.74, 6) is 0.369. The molecule has 18 heavy (non-hydrogen) atoms. The van der Waals surface area contributed by atoms with Crippen LogP contribution in [0.5, 0.6) is 0 Å². The summed E-state index contributed by atoms with van der Waals surface area (Å²) in [5, 5.41) is 15.1. The lowest BCUT2D eigenvalue weighted by molar-refractivity contribution is -0.385. The van der Waals surface area contributed by atoms with Gasteiger partial charge in [-0.05, 0) is 29.8 Å². The van der Waals surface area contributed by atoms with Crippen LogP contribution in [0.1, 0.15) is 11.4 Å². The first-order chi connectivity index (χ1) is 8.41. The summed E-state index contributed by atoms with van der Waals surface area (Å²) in [6, 6.07) is 1.26. The van der Waals surface area contributed by atoms with Gasteiger partial charge in [-0.1, -0.05) is 11.6 Å². The minimum atomic E-state index is -0.542. The Kier molecular flexibility index (Phi) is 3.36. The predicted octanol–water partition coefficient (Wildman–Crippen LogP) is 3.21. The van der Waals surface area contributed by atoms with E-state index in [1.54, 1.807) is 4.68 Å². The van der Waals surface area contributed by atoms with E-state index in [0.717, 1.165) is 22.1 Å². The van der Waals surface area contributed by atoms with Crippen LogP contribution in [0, 0.1) is 24.0 Å². The summed E-state index contributed by atoms with van der Waals surface area (Å²) >= 11 is 9.40. The number of hydrogen-bond acceptors (Lipinski definition) is 4. The van der Waals surface area contributed by atoms with Crippen molar-refractivity contribution in [1.82, 2.24) is 14.8 Å². The Hall–Kier alpha value is -1.47. The molecule has 2 aromatic rings. The van der Waals surface area contributed by atoms with Gasteiger partial charge in [0.05, 0.1) is 25.8 Å². The SMILES string of the molecule is Cc1nn(-c2ncc([N+](=O)[O-])cc2Cl)c(C)c1Br. The average Bonchev–Trinajstić information content (AvgIpc) is 2.57. The average molecular weight is 332 g/mol. The van der Waals surface area contributed by atoms with E-state index >= 15 is 0 Å². The Morgan fingerprint density at radius 3 is 2.61 bits per heavy atom. The molecule has 94 valence electrons. The zero-order valence-electron chi connectivity index (χ0n) is 9.52. The molecule has 0 amide bonds. The number of pyridine rings is 1. The first kappa shape index (κ1) is 13.0. The molecule has 0 fully saturated rings. The minimum Gasteiger partial charge on any atom is -0.258 e. The Labute approximate surface area is 116 Å². The van der Waals surface area contributed by atoms with Crippen molar-refractivity contribution in [3.05, 3.63) is 43.3 Å². The molecule has 0 unspecified atom stereocenters. The molecule has 0 radical (unpaired) electrons. The number of nitro groups is 1. The molecular weight excluding hydrogens is 323 g/mol. The van der Waals surface area contributed by atoms with E-state index < -0.39 is 4.92 Å². The van der Waals surface area contributed by atoms with Crippen molar-refractivity contribution >= 4 is 33.2 Å². The molecule has 6 nitrogen and oxygen atoms in total. The van der Waals surface area contributed by atoms with Crippen molar-refractivity contribution in [2.24, 2.45) is 0 Å². The van der Waals surface area contributed by atoms with Crippen molar-refractivity contribution in [3.8, 4) is 5.82 Å². The fraction of sp³-hybridized carbons (Fsp3) is 0.200. The van der Waals surface area contributed by atoms with Gasteiger partial charge in [-0.3, -0.25) is 10.1 Å². The van der Waals surface area contributed by atoms with Crippen LogP contribution in [-0.2, 0) is 0 Å². The number of rotatable bonds is 2. The molecule has 0 atom stereocenters. The molecular formula is C10H8BrClN4O2. The van der Waals surface area contributed by atoms with Crippen molar-refractivity contribution in [2.75, 3.05) is 0 Å². The van der Waals surface area contributed by atoms with E-state index in [1.807, 2.05) is 13.8 Å². The molecule has 0 saturated heterocycles. The summed E-state index contributed by atoms with van der Waals surface area (Å²) < 4.78 is 2.41. The van der Waals surface area contributed by atoms with Gasteiger partial charge in [0.15, 0.2) is 5.82 Å². The van der Waals surface area contributed by atoms with Gasteiger partial charge in [0.25, 0.3) is 5.69 Å². The zero-order chi connectivity index (χ0) is 13.4. The summed E-state index contributed by atoms with van der Waals surface area (Å²) in [4.78, 5) is 14.1. The molecule has 0 spiro atoms. The van der Waals surface area contributed by atoms with Crippen LogP contribution in [0.15, 0.2) is 16.7 Å². The quantitative estimate of drug-likeness (QED) is 0.625. The summed E-state index contributed by atoms with van der Waals surface area (Å²) in [7, 11) is 0. The van der Waals surface area contributed by atoms with Gasteiger partial charge < -0.3 is 0 Å². The lowest BCUT2D eigenvalue weighted by Gasteiger charge is -2.05. The third kappa shape index (κ3) is 2.11. The van der Waals surface area contributed by atoms with Crippen molar-refractivity contribution < 1.29 is 4.92 Å². The normalized spacial score (nSPS) is 10.7. The summed E-state index contributed by atoms with van der Waals surface area (Å²) in [5.41, 5.74) is 1.48. The second kappa shape index (κ2) is 4.66. The fourth-order valence-corrected chi connectivity index (χ4v) is 1.99. The van der Waals surface area contributed by atoms with Crippen LogP contribution in [0.4, 0.5) is 5.69 Å².